The largest absolute Gasteiger partial charge is 0.480 e. The van der Waals surface area contributed by atoms with E-state index in [2.05, 4.69) is 25.3 Å². The Bertz CT molecular complexity index is 1320. The topological polar surface area (TPSA) is 148 Å². The Morgan fingerprint density at radius 3 is 2.82 bits per heavy atom. The molecule has 0 amide bonds. The molecule has 1 fully saturated rings. The van der Waals surface area contributed by atoms with Crippen molar-refractivity contribution in [1.29, 1.82) is 0 Å². The molecule has 10 nitrogen and oxygen atoms in total. The standard InChI is InChI=1S/C22H25FN6O4S/c1-21(2)20(24)29-22(11-33-10-16(22)34(21,30)31)13-8-12(4-5-14(13)23)27-19-18-15(6-7-25-19)28-17(32-3)9-26-18/h4-9,16,30-31H,10-11H2,1-3H3,(H2,24,29)(H,25,27)/t16-,22-/m0/s1. The summed E-state index contributed by atoms with van der Waals surface area (Å²) in [6.45, 7) is 3.25. The van der Waals surface area contributed by atoms with Crippen molar-refractivity contribution in [2.75, 3.05) is 25.6 Å². The van der Waals surface area contributed by atoms with Crippen LogP contribution in [0.2, 0.25) is 0 Å². The van der Waals surface area contributed by atoms with Crippen LogP contribution in [0.5, 0.6) is 5.88 Å². The first-order chi connectivity index (χ1) is 16.1. The molecule has 1 aromatic carbocycles. The molecule has 2 aliphatic heterocycles. The molecule has 12 heteroatoms. The number of halogens is 1. The van der Waals surface area contributed by atoms with Crippen molar-refractivity contribution < 1.29 is 23.0 Å². The van der Waals surface area contributed by atoms with Crippen LogP contribution in [0.3, 0.4) is 0 Å². The molecule has 0 saturated carbocycles. The molecule has 0 spiro atoms. The first-order valence-electron chi connectivity index (χ1n) is 10.5. The van der Waals surface area contributed by atoms with E-state index in [0.717, 1.165) is 0 Å². The molecule has 0 bridgehead atoms. The molecule has 3 aromatic rings. The number of nitrogens with two attached hydrogens (primary N) is 1. The number of hydrogen-bond donors (Lipinski definition) is 4. The lowest BCUT2D eigenvalue weighted by molar-refractivity contribution is 0.178. The maximum atomic E-state index is 15.2. The van der Waals surface area contributed by atoms with Crippen LogP contribution in [0.15, 0.2) is 41.7 Å². The highest BCUT2D eigenvalue weighted by molar-refractivity contribution is 8.26. The summed E-state index contributed by atoms with van der Waals surface area (Å²) in [4.78, 5) is 17.7. The minimum Gasteiger partial charge on any atom is -0.480 e. The lowest BCUT2D eigenvalue weighted by atomic mass is 9.87. The van der Waals surface area contributed by atoms with Gasteiger partial charge in [-0.1, -0.05) is 0 Å². The van der Waals surface area contributed by atoms with E-state index in [0.29, 0.717) is 28.4 Å². The Kier molecular flexibility index (Phi) is 5.17. The van der Waals surface area contributed by atoms with Gasteiger partial charge in [0.1, 0.15) is 32.7 Å². The number of pyridine rings is 1. The molecule has 2 atom stereocenters. The predicted molar refractivity (Wildman–Crippen MR) is 128 cm³/mol. The van der Waals surface area contributed by atoms with E-state index in [1.54, 1.807) is 38.2 Å². The van der Waals surface area contributed by atoms with Gasteiger partial charge in [-0.2, -0.15) is 10.6 Å². The number of nitrogens with one attached hydrogen (secondary N) is 1. The molecule has 34 heavy (non-hydrogen) atoms. The lowest BCUT2D eigenvalue weighted by Crippen LogP contribution is -2.57. The van der Waals surface area contributed by atoms with Crippen LogP contribution >= 0.6 is 10.6 Å². The number of aliphatic imine (C=N–C) groups is 1. The minimum atomic E-state index is -3.33. The number of benzene rings is 1. The van der Waals surface area contributed by atoms with Gasteiger partial charge in [-0.25, -0.2) is 19.3 Å². The summed E-state index contributed by atoms with van der Waals surface area (Å²) in [5, 5.41) is 2.31. The Morgan fingerprint density at radius 1 is 1.26 bits per heavy atom. The third-order valence-electron chi connectivity index (χ3n) is 6.55. The van der Waals surface area contributed by atoms with Crippen LogP contribution in [-0.2, 0) is 10.3 Å². The zero-order valence-electron chi connectivity index (χ0n) is 18.8. The van der Waals surface area contributed by atoms with Gasteiger partial charge in [-0.3, -0.25) is 14.1 Å². The molecular weight excluding hydrogens is 463 g/mol. The van der Waals surface area contributed by atoms with Crippen LogP contribution in [-0.4, -0.2) is 60.2 Å². The summed E-state index contributed by atoms with van der Waals surface area (Å²) in [5.41, 5.74) is 6.56. The van der Waals surface area contributed by atoms with Crippen LogP contribution in [0.1, 0.15) is 19.4 Å². The average Bonchev–Trinajstić information content (AvgIpc) is 3.24. The van der Waals surface area contributed by atoms with Crippen molar-refractivity contribution in [3.05, 3.63) is 48.0 Å². The highest BCUT2D eigenvalue weighted by Gasteiger charge is 2.61. The van der Waals surface area contributed by atoms with E-state index in [1.165, 1.54) is 19.4 Å². The van der Waals surface area contributed by atoms with E-state index in [-0.39, 0.29) is 24.6 Å². The molecule has 2 aliphatic rings. The third kappa shape index (κ3) is 3.21. The van der Waals surface area contributed by atoms with Gasteiger partial charge in [0, 0.05) is 17.4 Å². The van der Waals surface area contributed by atoms with Gasteiger partial charge in [0.2, 0.25) is 5.88 Å². The van der Waals surface area contributed by atoms with Crippen LogP contribution in [0, 0.1) is 5.82 Å². The fraction of sp³-hybridized carbons (Fsp3) is 0.364. The molecule has 4 heterocycles. The first kappa shape index (κ1) is 22.7. The molecular formula is C22H25FN6O4S. The van der Waals surface area contributed by atoms with E-state index in [4.69, 9.17) is 15.2 Å². The van der Waals surface area contributed by atoms with Gasteiger partial charge in [-0.15, -0.1) is 0 Å². The van der Waals surface area contributed by atoms with Crippen molar-refractivity contribution in [3.8, 4) is 5.88 Å². The number of aromatic nitrogens is 3. The Morgan fingerprint density at radius 2 is 2.06 bits per heavy atom. The summed E-state index contributed by atoms with van der Waals surface area (Å²) in [5.74, 6) is 0.281. The maximum Gasteiger partial charge on any atom is 0.232 e. The predicted octanol–water partition coefficient (Wildman–Crippen LogP) is 3.41. The molecule has 180 valence electrons. The van der Waals surface area contributed by atoms with E-state index < -0.39 is 31.9 Å². The number of rotatable bonds is 4. The van der Waals surface area contributed by atoms with Gasteiger partial charge >= 0.3 is 0 Å². The molecule has 0 aliphatic carbocycles. The number of hydrogen-bond acceptors (Lipinski definition) is 10. The Labute approximate surface area is 196 Å². The van der Waals surface area contributed by atoms with Gasteiger partial charge < -0.3 is 20.5 Å². The summed E-state index contributed by atoms with van der Waals surface area (Å²) < 4.78 is 47.1. The maximum absolute atomic E-state index is 15.2. The van der Waals surface area contributed by atoms with E-state index >= 15 is 4.39 Å². The normalized spacial score (nSPS) is 25.9. The van der Waals surface area contributed by atoms with Crippen molar-refractivity contribution >= 4 is 39.0 Å². The second kappa shape index (κ2) is 7.73. The summed E-state index contributed by atoms with van der Waals surface area (Å²) in [6.07, 6.45) is 3.06. The van der Waals surface area contributed by atoms with Gasteiger partial charge in [-0.05, 0) is 38.1 Å². The molecule has 0 unspecified atom stereocenters. The van der Waals surface area contributed by atoms with Gasteiger partial charge in [0.25, 0.3) is 0 Å². The van der Waals surface area contributed by atoms with Crippen LogP contribution in [0.4, 0.5) is 15.9 Å². The van der Waals surface area contributed by atoms with Crippen molar-refractivity contribution in [3.63, 3.8) is 0 Å². The van der Waals surface area contributed by atoms with Gasteiger partial charge in [0.05, 0.1) is 32.0 Å². The second-order valence-corrected chi connectivity index (χ2v) is 11.6. The number of methoxy groups -OCH3 is 1. The van der Waals surface area contributed by atoms with Crippen molar-refractivity contribution in [2.24, 2.45) is 10.7 Å². The number of fused-ring (bicyclic) bond motifs is 2. The lowest BCUT2D eigenvalue weighted by Gasteiger charge is -2.56. The third-order valence-corrected chi connectivity index (χ3v) is 9.58. The summed E-state index contributed by atoms with van der Waals surface area (Å²) >= 11 is 0. The minimum absolute atomic E-state index is 0.0253. The highest BCUT2D eigenvalue weighted by atomic mass is 32.3. The highest BCUT2D eigenvalue weighted by Crippen LogP contribution is 2.66. The quantitative estimate of drug-likeness (QED) is 0.433. The van der Waals surface area contributed by atoms with E-state index in [1.807, 2.05) is 0 Å². The van der Waals surface area contributed by atoms with Crippen LogP contribution < -0.4 is 15.8 Å². The SMILES string of the molecule is COc1cnc2c(Nc3ccc(F)c([C@@]45COC[C@@H]4S(O)(O)C(C)(C)C(N)=N5)c3)nccc2n1. The second-order valence-electron chi connectivity index (χ2n) is 8.79. The Balaban J connectivity index is 1.60. The van der Waals surface area contributed by atoms with Crippen molar-refractivity contribution in [2.45, 2.75) is 29.4 Å². The zero-order valence-corrected chi connectivity index (χ0v) is 19.6. The number of nitrogens with zero attached hydrogens (tertiary/aromatic N) is 4. The number of amidine groups is 1. The Hall–Kier alpha value is -3.06. The van der Waals surface area contributed by atoms with Crippen molar-refractivity contribution in [1.82, 2.24) is 15.0 Å². The molecule has 5 N–H and O–H groups in total. The number of anilines is 2. The van der Waals surface area contributed by atoms with Crippen LogP contribution in [0.25, 0.3) is 11.0 Å². The fourth-order valence-corrected chi connectivity index (χ4v) is 6.53. The summed E-state index contributed by atoms with van der Waals surface area (Å²) in [7, 11) is -1.82. The van der Waals surface area contributed by atoms with Gasteiger partial charge in [0.15, 0.2) is 5.82 Å². The first-order valence-corrected chi connectivity index (χ1v) is 12.1. The smallest absolute Gasteiger partial charge is 0.232 e. The molecule has 5 rings (SSSR count). The average molecular weight is 489 g/mol. The summed E-state index contributed by atoms with van der Waals surface area (Å²) in [6, 6.07) is 6.12. The molecule has 2 aromatic heterocycles. The monoisotopic (exact) mass is 488 g/mol. The molecule has 1 saturated heterocycles. The number of ether oxygens (including phenoxy) is 2. The van der Waals surface area contributed by atoms with E-state index in [9.17, 15) is 9.11 Å². The fourth-order valence-electron chi connectivity index (χ4n) is 4.38. The zero-order chi connectivity index (χ0) is 24.3. The molecule has 0 radical (unpaired) electrons.